The fourth-order valence-corrected chi connectivity index (χ4v) is 5.05. The number of hydrogen-bond acceptors (Lipinski definition) is 3. The lowest BCUT2D eigenvalue weighted by Crippen LogP contribution is -2.00. The third-order valence-electron chi connectivity index (χ3n) is 3.97. The Morgan fingerprint density at radius 3 is 1.96 bits per heavy atom. The Balaban J connectivity index is 2.01. The van der Waals surface area contributed by atoms with Crippen molar-refractivity contribution >= 4 is 32.9 Å². The van der Waals surface area contributed by atoms with Crippen LogP contribution in [0.1, 0.15) is 5.56 Å². The van der Waals surface area contributed by atoms with Gasteiger partial charge in [-0.3, -0.25) is 10.1 Å². The van der Waals surface area contributed by atoms with Gasteiger partial charge in [0.25, 0.3) is 5.69 Å². The Hall–Kier alpha value is -3.05. The van der Waals surface area contributed by atoms with Gasteiger partial charge in [-0.1, -0.05) is 48.5 Å². The highest BCUT2D eigenvalue weighted by molar-refractivity contribution is 8.17. The van der Waals surface area contributed by atoms with Gasteiger partial charge in [0, 0.05) is 32.5 Å². The van der Waals surface area contributed by atoms with Crippen LogP contribution in [0.2, 0.25) is 0 Å². The van der Waals surface area contributed by atoms with Crippen molar-refractivity contribution in [1.29, 1.82) is 0 Å². The lowest BCUT2D eigenvalue weighted by atomic mass is 10.1. The van der Waals surface area contributed by atoms with Crippen molar-refractivity contribution in [2.45, 2.75) is 9.79 Å². The lowest BCUT2D eigenvalue weighted by molar-refractivity contribution is -0.384. The molecule has 0 N–H and O–H groups in total. The van der Waals surface area contributed by atoms with Gasteiger partial charge in [0.15, 0.2) is 0 Å². The lowest BCUT2D eigenvalue weighted by Gasteiger charge is -2.14. The average molecular weight is 346 g/mol. The van der Waals surface area contributed by atoms with E-state index in [1.807, 2.05) is 42.5 Å². The molecule has 1 aliphatic rings. The van der Waals surface area contributed by atoms with Gasteiger partial charge >= 0.3 is 0 Å². The van der Waals surface area contributed by atoms with Crippen molar-refractivity contribution in [3.05, 3.63) is 94.5 Å². The molecule has 0 aromatic heterocycles. The van der Waals surface area contributed by atoms with Crippen LogP contribution in [0, 0.1) is 10.1 Å². The Labute approximate surface area is 147 Å². The first-order valence-electron chi connectivity index (χ1n) is 7.79. The van der Waals surface area contributed by atoms with Crippen LogP contribution >= 0.6 is 10.5 Å². The minimum atomic E-state index is -0.373. The second kappa shape index (κ2) is 6.45. The quantitative estimate of drug-likeness (QED) is 0.371. The van der Waals surface area contributed by atoms with Crippen molar-refractivity contribution in [2.24, 2.45) is 4.99 Å². The average Bonchev–Trinajstić information content (AvgIpc) is 3.07. The maximum atomic E-state index is 11.3. The van der Waals surface area contributed by atoms with E-state index in [-0.39, 0.29) is 21.1 Å². The molecule has 0 radical (unpaired) electrons. The van der Waals surface area contributed by atoms with Crippen molar-refractivity contribution in [1.82, 2.24) is 0 Å². The van der Waals surface area contributed by atoms with E-state index in [1.165, 1.54) is 6.07 Å². The molecule has 0 aliphatic carbocycles. The van der Waals surface area contributed by atoms with Crippen molar-refractivity contribution in [3.63, 3.8) is 0 Å². The molecule has 0 saturated heterocycles. The van der Waals surface area contributed by atoms with E-state index in [0.29, 0.717) is 5.69 Å². The molecule has 0 bridgehead atoms. The van der Waals surface area contributed by atoms with E-state index in [2.05, 4.69) is 29.3 Å². The number of nitrogens with zero attached hydrogens (tertiary/aromatic N) is 2. The summed E-state index contributed by atoms with van der Waals surface area (Å²) in [6.07, 6.45) is 1.78. The monoisotopic (exact) mass is 346 g/mol. The van der Waals surface area contributed by atoms with Crippen LogP contribution in [-0.2, 0) is 0 Å². The summed E-state index contributed by atoms with van der Waals surface area (Å²) in [6, 6.07) is 25.5. The molecule has 4 rings (SSSR count). The number of para-hydroxylation sites is 1. The fourth-order valence-electron chi connectivity index (χ4n) is 2.87. The van der Waals surface area contributed by atoms with E-state index in [1.54, 1.807) is 12.3 Å². The van der Waals surface area contributed by atoms with E-state index < -0.39 is 0 Å². The second-order valence-corrected chi connectivity index (χ2v) is 7.48. The van der Waals surface area contributed by atoms with Gasteiger partial charge in [-0.15, -0.1) is 10.5 Å². The summed E-state index contributed by atoms with van der Waals surface area (Å²) in [6.45, 7) is 0. The summed E-state index contributed by atoms with van der Waals surface area (Å²) in [5, 5.41) is 11.3. The van der Waals surface area contributed by atoms with Gasteiger partial charge in [-0.05, 0) is 24.3 Å². The second-order valence-electron chi connectivity index (χ2n) is 5.49. The highest BCUT2D eigenvalue weighted by atomic mass is 32.2. The molecular weight excluding hydrogens is 332 g/mol. The molecule has 0 spiro atoms. The first-order valence-corrected chi connectivity index (χ1v) is 9.01. The van der Waals surface area contributed by atoms with E-state index in [9.17, 15) is 10.1 Å². The minimum absolute atomic E-state index is 0.0495. The zero-order valence-electron chi connectivity index (χ0n) is 13.2. The Morgan fingerprint density at radius 1 is 0.800 bits per heavy atom. The third kappa shape index (κ3) is 2.79. The van der Waals surface area contributed by atoms with E-state index in [4.69, 9.17) is 0 Å². The molecule has 0 saturated carbocycles. The van der Waals surface area contributed by atoms with Crippen LogP contribution in [-0.4, -0.2) is 16.0 Å². The maximum absolute atomic E-state index is 11.3. The summed E-state index contributed by atoms with van der Waals surface area (Å²) in [5.74, 6) is 0. The molecule has 5 heteroatoms. The number of benzene rings is 3. The van der Waals surface area contributed by atoms with Crippen LogP contribution in [0.25, 0.3) is 0 Å². The molecule has 1 heterocycles. The molecule has 0 amide bonds. The standard InChI is InChI=1S/C20H14N2O2S/c23-22(24)18-13-7-12-17-19(14-21-20(17)18)25(15-8-3-1-4-9-15)16-10-5-2-6-11-16/h1-14H. The summed E-state index contributed by atoms with van der Waals surface area (Å²) in [5.41, 5.74) is 1.34. The highest BCUT2D eigenvalue weighted by Gasteiger charge is 2.25. The molecule has 0 atom stereocenters. The largest absolute Gasteiger partial charge is 0.295 e. The van der Waals surface area contributed by atoms with Crippen molar-refractivity contribution < 1.29 is 4.92 Å². The number of aliphatic imine (C=N–C) groups is 1. The van der Waals surface area contributed by atoms with Crippen LogP contribution in [0.5, 0.6) is 0 Å². The summed E-state index contributed by atoms with van der Waals surface area (Å²) < 4.78 is 0. The highest BCUT2D eigenvalue weighted by Crippen LogP contribution is 2.43. The van der Waals surface area contributed by atoms with Gasteiger partial charge in [0.1, 0.15) is 5.69 Å². The fraction of sp³-hybridized carbons (Fsp3) is 0. The van der Waals surface area contributed by atoms with Gasteiger partial charge in [0.05, 0.1) is 4.92 Å². The SMILES string of the molecule is O=[N+]([O-])c1cccc2c1N=CC2=S(c1ccccc1)c1ccccc1. The van der Waals surface area contributed by atoms with Crippen LogP contribution in [0.15, 0.2) is 93.6 Å². The Morgan fingerprint density at radius 2 is 1.40 bits per heavy atom. The summed E-state index contributed by atoms with van der Waals surface area (Å²) in [4.78, 5) is 18.6. The van der Waals surface area contributed by atoms with Crippen LogP contribution in [0.3, 0.4) is 0 Å². The smallest absolute Gasteiger partial charge is 0.258 e. The zero-order valence-corrected chi connectivity index (χ0v) is 14.0. The zero-order chi connectivity index (χ0) is 17.2. The van der Waals surface area contributed by atoms with Crippen molar-refractivity contribution in [2.75, 3.05) is 0 Å². The van der Waals surface area contributed by atoms with Gasteiger partial charge in [0.2, 0.25) is 0 Å². The number of nitro groups is 1. The number of fused-ring (bicyclic) bond motifs is 1. The summed E-state index contributed by atoms with van der Waals surface area (Å²) in [7, 11) is -0.365. The number of hydrogen-bond donors (Lipinski definition) is 0. The number of rotatable bonds is 3. The molecule has 0 unspecified atom stereocenters. The first-order chi connectivity index (χ1) is 12.3. The molecule has 3 aromatic rings. The normalized spacial score (nSPS) is 12.4. The maximum Gasteiger partial charge on any atom is 0.295 e. The van der Waals surface area contributed by atoms with Gasteiger partial charge in [-0.2, -0.15) is 0 Å². The van der Waals surface area contributed by atoms with E-state index >= 15 is 0 Å². The van der Waals surface area contributed by atoms with Gasteiger partial charge < -0.3 is 0 Å². The molecule has 0 fully saturated rings. The topological polar surface area (TPSA) is 55.5 Å². The molecule has 122 valence electrons. The Bertz CT molecular complexity index is 971. The predicted molar refractivity (Wildman–Crippen MR) is 102 cm³/mol. The molecule has 4 nitrogen and oxygen atoms in total. The molecule has 3 aromatic carbocycles. The van der Waals surface area contributed by atoms with Crippen LogP contribution in [0.4, 0.5) is 11.4 Å². The molecular formula is C20H14N2O2S. The van der Waals surface area contributed by atoms with Gasteiger partial charge in [-0.25, -0.2) is 4.99 Å². The minimum Gasteiger partial charge on any atom is -0.258 e. The van der Waals surface area contributed by atoms with E-state index in [0.717, 1.165) is 20.2 Å². The molecule has 1 aliphatic heterocycles. The first kappa shape index (κ1) is 15.5. The van der Waals surface area contributed by atoms with Crippen LogP contribution < -0.4 is 0 Å². The predicted octanol–water partition coefficient (Wildman–Crippen LogP) is 5.22. The summed E-state index contributed by atoms with van der Waals surface area (Å²) >= 11 is 0. The number of nitro benzene ring substituents is 1. The Kier molecular flexibility index (Phi) is 3.99. The van der Waals surface area contributed by atoms with Crippen molar-refractivity contribution in [3.8, 4) is 0 Å². The molecule has 25 heavy (non-hydrogen) atoms. The third-order valence-corrected chi connectivity index (χ3v) is 6.22.